The van der Waals surface area contributed by atoms with Gasteiger partial charge in [0.25, 0.3) is 0 Å². The summed E-state index contributed by atoms with van der Waals surface area (Å²) < 4.78 is 0. The van der Waals surface area contributed by atoms with Crippen LogP contribution < -0.4 is 5.73 Å². The van der Waals surface area contributed by atoms with Gasteiger partial charge in [-0.25, -0.2) is 10.4 Å². The first-order chi connectivity index (χ1) is 3.31. The van der Waals surface area contributed by atoms with Crippen molar-refractivity contribution >= 4 is 6.01 Å². The molecule has 0 heterocycles. The highest BCUT2D eigenvalue weighted by atomic mass is 14.9. The van der Waals surface area contributed by atoms with Crippen LogP contribution in [0.1, 0.15) is 0 Å². The van der Waals surface area contributed by atoms with E-state index in [9.17, 15) is 0 Å². The van der Waals surface area contributed by atoms with E-state index in [1.807, 2.05) is 0 Å². The highest BCUT2D eigenvalue weighted by Crippen LogP contribution is 1.74. The van der Waals surface area contributed by atoms with E-state index in [0.29, 0.717) is 0 Å². The molecule has 0 aromatic carbocycles. The molecular formula is C4H7N3. The fourth-order valence-electron chi connectivity index (χ4n) is 0.127. The zero-order valence-electron chi connectivity index (χ0n) is 3.89. The van der Waals surface area contributed by atoms with E-state index in [0.717, 1.165) is 0 Å². The predicted molar refractivity (Wildman–Crippen MR) is 28.3 cm³/mol. The third kappa shape index (κ3) is 2.89. The Bertz CT molecular complexity index is 102. The van der Waals surface area contributed by atoms with E-state index in [1.54, 1.807) is 6.01 Å². The Hall–Kier alpha value is -0.920. The minimum Gasteiger partial charge on any atom is -0.306 e. The number of hydrogen-bond donors (Lipinski definition) is 2. The minimum atomic E-state index is -0.461. The predicted octanol–water partition coefficient (Wildman–Crippen LogP) is 0.210. The van der Waals surface area contributed by atoms with Gasteiger partial charge in [-0.2, -0.15) is 0 Å². The van der Waals surface area contributed by atoms with Crippen LogP contribution in [-0.2, 0) is 0 Å². The van der Waals surface area contributed by atoms with Gasteiger partial charge in [0.15, 0.2) is 0 Å². The number of nitrogens with one attached hydrogen (secondary N) is 1. The molecule has 38 valence electrons. The van der Waals surface area contributed by atoms with Crippen LogP contribution in [0.25, 0.3) is 0 Å². The molecule has 3 heteroatoms. The van der Waals surface area contributed by atoms with Gasteiger partial charge < -0.3 is 5.73 Å². The van der Waals surface area contributed by atoms with Gasteiger partial charge in [-0.3, -0.25) is 0 Å². The number of nitrogens with zero attached hydrogens (tertiary/aromatic N) is 1. The van der Waals surface area contributed by atoms with Gasteiger partial charge in [0.2, 0.25) is 0 Å². The lowest BCUT2D eigenvalue weighted by Crippen LogP contribution is -2.11. The van der Waals surface area contributed by atoms with Crippen molar-refractivity contribution in [1.29, 1.82) is 5.41 Å². The van der Waals surface area contributed by atoms with Crippen molar-refractivity contribution in [3.8, 4) is 0 Å². The Kier molecular flexibility index (Phi) is 2.85. The average Bonchev–Trinajstić information content (AvgIpc) is 1.68. The molecule has 0 aromatic rings. The van der Waals surface area contributed by atoms with Gasteiger partial charge in [0.1, 0.15) is 6.17 Å². The molecule has 0 aliphatic heterocycles. The molecule has 0 spiro atoms. The standard InChI is InChI=1S/C4H7N3/c1-2-4(6)7-3-5/h2,4-5H,1,6H2. The van der Waals surface area contributed by atoms with Crippen molar-refractivity contribution in [1.82, 2.24) is 0 Å². The van der Waals surface area contributed by atoms with Crippen molar-refractivity contribution in [2.24, 2.45) is 10.7 Å². The highest BCUT2D eigenvalue weighted by Gasteiger charge is 1.82. The average molecular weight is 97.1 g/mol. The normalized spacial score (nSPS) is 11.6. The lowest BCUT2D eigenvalue weighted by atomic mass is 10.5. The van der Waals surface area contributed by atoms with Crippen LogP contribution in [0.4, 0.5) is 0 Å². The third-order valence-electron chi connectivity index (χ3n) is 0.455. The van der Waals surface area contributed by atoms with Gasteiger partial charge in [0.05, 0.1) is 6.01 Å². The summed E-state index contributed by atoms with van der Waals surface area (Å²) in [5.41, 5.74) is 5.12. The smallest absolute Gasteiger partial charge is 0.126 e. The van der Waals surface area contributed by atoms with E-state index in [-0.39, 0.29) is 0 Å². The van der Waals surface area contributed by atoms with Gasteiger partial charge in [-0.1, -0.05) is 12.7 Å². The van der Waals surface area contributed by atoms with Crippen LogP contribution in [0, 0.1) is 5.41 Å². The molecule has 0 aliphatic carbocycles. The molecule has 0 aromatic heterocycles. The molecule has 1 unspecified atom stereocenters. The second-order valence-electron chi connectivity index (χ2n) is 0.967. The van der Waals surface area contributed by atoms with E-state index < -0.39 is 6.17 Å². The number of nitrogens with two attached hydrogens (primary N) is 1. The van der Waals surface area contributed by atoms with Crippen molar-refractivity contribution in [3.05, 3.63) is 12.7 Å². The fraction of sp³-hybridized carbons (Fsp3) is 0.250. The number of aliphatic imine (C=N–C) groups is 1. The molecule has 0 bridgehead atoms. The van der Waals surface area contributed by atoms with Gasteiger partial charge >= 0.3 is 0 Å². The monoisotopic (exact) mass is 97.1 g/mol. The SMILES string of the molecule is C=CC(N)N=C=N. The fourth-order valence-corrected chi connectivity index (χ4v) is 0.127. The zero-order chi connectivity index (χ0) is 5.70. The second kappa shape index (κ2) is 3.28. The molecule has 0 saturated heterocycles. The van der Waals surface area contributed by atoms with Gasteiger partial charge in [0, 0.05) is 0 Å². The van der Waals surface area contributed by atoms with Crippen LogP contribution in [-0.4, -0.2) is 12.2 Å². The van der Waals surface area contributed by atoms with Gasteiger partial charge in [-0.05, 0) is 0 Å². The summed E-state index contributed by atoms with van der Waals surface area (Å²) in [6, 6.07) is 1.80. The Morgan fingerprint density at radius 3 is 2.71 bits per heavy atom. The van der Waals surface area contributed by atoms with Crippen LogP contribution in [0.15, 0.2) is 17.6 Å². The maximum atomic E-state index is 6.29. The van der Waals surface area contributed by atoms with Crippen LogP contribution in [0.3, 0.4) is 0 Å². The first kappa shape index (κ1) is 6.08. The molecule has 3 nitrogen and oxygen atoms in total. The Labute approximate surface area is 42.1 Å². The van der Waals surface area contributed by atoms with E-state index in [2.05, 4.69) is 11.6 Å². The summed E-state index contributed by atoms with van der Waals surface area (Å²) in [6.45, 7) is 3.34. The summed E-state index contributed by atoms with van der Waals surface area (Å²) in [5.74, 6) is 0. The van der Waals surface area contributed by atoms with Crippen molar-refractivity contribution < 1.29 is 0 Å². The highest BCUT2D eigenvalue weighted by molar-refractivity contribution is 5.36. The largest absolute Gasteiger partial charge is 0.306 e. The Morgan fingerprint density at radius 1 is 2.00 bits per heavy atom. The van der Waals surface area contributed by atoms with E-state index >= 15 is 0 Å². The summed E-state index contributed by atoms with van der Waals surface area (Å²) in [7, 11) is 0. The van der Waals surface area contributed by atoms with E-state index in [1.165, 1.54) is 6.08 Å². The molecule has 0 aliphatic rings. The number of hydrogen-bond acceptors (Lipinski definition) is 3. The van der Waals surface area contributed by atoms with Crippen LogP contribution >= 0.6 is 0 Å². The lowest BCUT2D eigenvalue weighted by molar-refractivity contribution is 0.884. The summed E-state index contributed by atoms with van der Waals surface area (Å²) in [5, 5.41) is 6.29. The summed E-state index contributed by atoms with van der Waals surface area (Å²) >= 11 is 0. The topological polar surface area (TPSA) is 62.2 Å². The molecular weight excluding hydrogens is 90.1 g/mol. The number of rotatable bonds is 2. The first-order valence-electron chi connectivity index (χ1n) is 1.81. The quantitative estimate of drug-likeness (QED) is 0.375. The van der Waals surface area contributed by atoms with Crippen LogP contribution in [0.5, 0.6) is 0 Å². The Morgan fingerprint density at radius 2 is 2.57 bits per heavy atom. The Balaban J connectivity index is 3.56. The molecule has 7 heavy (non-hydrogen) atoms. The molecule has 0 fully saturated rings. The molecule has 0 rings (SSSR count). The molecule has 0 saturated carbocycles. The maximum Gasteiger partial charge on any atom is 0.126 e. The minimum absolute atomic E-state index is 0.461. The maximum absolute atomic E-state index is 6.29. The van der Waals surface area contributed by atoms with Crippen molar-refractivity contribution in [2.45, 2.75) is 6.17 Å². The van der Waals surface area contributed by atoms with Gasteiger partial charge in [-0.15, -0.1) is 0 Å². The van der Waals surface area contributed by atoms with E-state index in [4.69, 9.17) is 11.1 Å². The lowest BCUT2D eigenvalue weighted by Gasteiger charge is -1.88. The first-order valence-corrected chi connectivity index (χ1v) is 1.81. The summed E-state index contributed by atoms with van der Waals surface area (Å²) in [6.07, 6.45) is 0.971. The second-order valence-corrected chi connectivity index (χ2v) is 0.967. The zero-order valence-corrected chi connectivity index (χ0v) is 3.89. The molecule has 3 N–H and O–H groups in total. The van der Waals surface area contributed by atoms with Crippen molar-refractivity contribution in [3.63, 3.8) is 0 Å². The summed E-state index contributed by atoms with van der Waals surface area (Å²) in [4.78, 5) is 3.32. The van der Waals surface area contributed by atoms with Crippen LogP contribution in [0.2, 0.25) is 0 Å². The molecule has 1 atom stereocenters. The third-order valence-corrected chi connectivity index (χ3v) is 0.455. The molecule has 0 radical (unpaired) electrons. The van der Waals surface area contributed by atoms with Crippen molar-refractivity contribution in [2.75, 3.05) is 0 Å². The molecule has 0 amide bonds.